The van der Waals surface area contributed by atoms with Gasteiger partial charge >= 0.3 is 0 Å². The molecule has 1 amide bonds. The molecule has 0 bridgehead atoms. The van der Waals surface area contributed by atoms with Crippen molar-refractivity contribution in [2.45, 2.75) is 37.2 Å². The highest BCUT2D eigenvalue weighted by Gasteiger charge is 2.31. The Hall–Kier alpha value is -2.96. The van der Waals surface area contributed by atoms with Crippen molar-refractivity contribution >= 4 is 15.9 Å². The van der Waals surface area contributed by atoms with E-state index in [1.165, 1.54) is 5.56 Å². The van der Waals surface area contributed by atoms with Crippen molar-refractivity contribution in [1.82, 2.24) is 9.62 Å². The Bertz CT molecular complexity index is 1160. The molecule has 0 unspecified atom stereocenters. The van der Waals surface area contributed by atoms with Gasteiger partial charge in [0.25, 0.3) is 0 Å². The fourth-order valence-electron chi connectivity index (χ4n) is 3.91. The molecule has 3 aromatic rings. The van der Waals surface area contributed by atoms with Crippen LogP contribution in [0.4, 0.5) is 0 Å². The SMILES string of the molecule is Cc1ccc(S(=O)(=O)N[C@H](Cc2ccccc2)C(=O)N2CCc3ccccc3C2)cc1. The van der Waals surface area contributed by atoms with E-state index in [9.17, 15) is 13.2 Å². The van der Waals surface area contributed by atoms with E-state index in [-0.39, 0.29) is 10.8 Å². The van der Waals surface area contributed by atoms with Gasteiger partial charge in [0.15, 0.2) is 0 Å². The summed E-state index contributed by atoms with van der Waals surface area (Å²) in [7, 11) is -3.84. The number of sulfonamides is 1. The van der Waals surface area contributed by atoms with Crippen LogP contribution < -0.4 is 4.72 Å². The van der Waals surface area contributed by atoms with Crippen molar-refractivity contribution in [3.63, 3.8) is 0 Å². The lowest BCUT2D eigenvalue weighted by atomic mass is 9.98. The number of carbonyl (C=O) groups excluding carboxylic acids is 1. The normalized spacial score (nSPS) is 14.7. The van der Waals surface area contributed by atoms with Gasteiger partial charge in [0, 0.05) is 13.1 Å². The third-order valence-electron chi connectivity index (χ3n) is 5.65. The molecule has 6 heteroatoms. The molecule has 0 aromatic heterocycles. The number of nitrogens with one attached hydrogen (secondary N) is 1. The van der Waals surface area contributed by atoms with Crippen molar-refractivity contribution < 1.29 is 13.2 Å². The van der Waals surface area contributed by atoms with Gasteiger partial charge in [-0.3, -0.25) is 4.79 Å². The van der Waals surface area contributed by atoms with Crippen LogP contribution >= 0.6 is 0 Å². The van der Waals surface area contributed by atoms with Crippen molar-refractivity contribution in [1.29, 1.82) is 0 Å². The van der Waals surface area contributed by atoms with Crippen LogP contribution in [0.25, 0.3) is 0 Å². The van der Waals surface area contributed by atoms with Crippen LogP contribution in [0.1, 0.15) is 22.3 Å². The maximum absolute atomic E-state index is 13.5. The molecule has 0 radical (unpaired) electrons. The fourth-order valence-corrected chi connectivity index (χ4v) is 5.10. The molecule has 0 saturated carbocycles. The van der Waals surface area contributed by atoms with Gasteiger partial charge in [-0.05, 0) is 48.6 Å². The van der Waals surface area contributed by atoms with Crippen LogP contribution in [0.5, 0.6) is 0 Å². The van der Waals surface area contributed by atoms with Crippen molar-refractivity contribution in [3.05, 3.63) is 101 Å². The minimum Gasteiger partial charge on any atom is -0.337 e. The van der Waals surface area contributed by atoms with Crippen LogP contribution in [0.15, 0.2) is 83.8 Å². The minimum absolute atomic E-state index is 0.160. The van der Waals surface area contributed by atoms with Crippen molar-refractivity contribution in [3.8, 4) is 0 Å². The molecule has 1 N–H and O–H groups in total. The van der Waals surface area contributed by atoms with E-state index < -0.39 is 16.1 Å². The number of amides is 1. The van der Waals surface area contributed by atoms with Gasteiger partial charge in [-0.25, -0.2) is 8.42 Å². The van der Waals surface area contributed by atoms with Crippen molar-refractivity contribution in [2.75, 3.05) is 6.54 Å². The van der Waals surface area contributed by atoms with Gasteiger partial charge in [-0.15, -0.1) is 0 Å². The minimum atomic E-state index is -3.84. The highest BCUT2D eigenvalue weighted by molar-refractivity contribution is 7.89. The summed E-state index contributed by atoms with van der Waals surface area (Å²) in [6, 6.07) is 23.3. The van der Waals surface area contributed by atoms with E-state index >= 15 is 0 Å². The molecule has 1 heterocycles. The lowest BCUT2D eigenvalue weighted by Crippen LogP contribution is -2.50. The van der Waals surface area contributed by atoms with E-state index in [2.05, 4.69) is 10.8 Å². The second kappa shape index (κ2) is 9.04. The zero-order valence-electron chi connectivity index (χ0n) is 17.5. The molecule has 4 rings (SSSR count). The van der Waals surface area contributed by atoms with Crippen LogP contribution in [-0.2, 0) is 34.2 Å². The molecule has 160 valence electrons. The first-order valence-corrected chi connectivity index (χ1v) is 11.9. The van der Waals surface area contributed by atoms with E-state index in [1.54, 1.807) is 29.2 Å². The number of hydrogen-bond donors (Lipinski definition) is 1. The first kappa shape index (κ1) is 21.3. The first-order valence-electron chi connectivity index (χ1n) is 10.4. The molecule has 31 heavy (non-hydrogen) atoms. The second-order valence-corrected chi connectivity index (χ2v) is 9.67. The summed E-state index contributed by atoms with van der Waals surface area (Å²) in [4.78, 5) is 15.4. The Kier molecular flexibility index (Phi) is 6.20. The topological polar surface area (TPSA) is 66.5 Å². The molecule has 1 atom stereocenters. The van der Waals surface area contributed by atoms with Gasteiger partial charge in [-0.1, -0.05) is 72.3 Å². The summed E-state index contributed by atoms with van der Waals surface area (Å²) in [6.07, 6.45) is 1.06. The predicted octanol–water partition coefficient (Wildman–Crippen LogP) is 3.47. The van der Waals surface area contributed by atoms with E-state index in [1.807, 2.05) is 55.5 Å². The molecule has 0 aliphatic carbocycles. The summed E-state index contributed by atoms with van der Waals surface area (Å²) in [5, 5.41) is 0. The van der Waals surface area contributed by atoms with Gasteiger partial charge in [0.05, 0.1) is 4.90 Å². The Morgan fingerprint density at radius 2 is 1.58 bits per heavy atom. The van der Waals surface area contributed by atoms with Crippen LogP contribution in [0.2, 0.25) is 0 Å². The van der Waals surface area contributed by atoms with Crippen LogP contribution in [0.3, 0.4) is 0 Å². The van der Waals surface area contributed by atoms with Gasteiger partial charge in [0.1, 0.15) is 6.04 Å². The summed E-state index contributed by atoms with van der Waals surface area (Å²) in [6.45, 7) is 2.97. The molecule has 0 saturated heterocycles. The Morgan fingerprint density at radius 1 is 0.935 bits per heavy atom. The quantitative estimate of drug-likeness (QED) is 0.646. The molecular formula is C25H26N2O3S. The van der Waals surface area contributed by atoms with Gasteiger partial charge in [-0.2, -0.15) is 4.72 Å². The van der Waals surface area contributed by atoms with E-state index in [4.69, 9.17) is 0 Å². The Morgan fingerprint density at radius 3 is 2.29 bits per heavy atom. The maximum Gasteiger partial charge on any atom is 0.241 e. The summed E-state index contributed by atoms with van der Waals surface area (Å²) >= 11 is 0. The van der Waals surface area contributed by atoms with Crippen molar-refractivity contribution in [2.24, 2.45) is 0 Å². The third-order valence-corrected chi connectivity index (χ3v) is 7.14. The average Bonchev–Trinajstić information content (AvgIpc) is 2.78. The Labute approximate surface area is 183 Å². The molecule has 1 aliphatic heterocycles. The number of nitrogens with zero attached hydrogens (tertiary/aromatic N) is 1. The number of benzene rings is 3. The van der Waals surface area contributed by atoms with E-state index in [0.717, 1.165) is 23.1 Å². The number of aryl methyl sites for hydroxylation is 1. The van der Waals surface area contributed by atoms with Crippen LogP contribution in [-0.4, -0.2) is 31.8 Å². The zero-order chi connectivity index (χ0) is 21.8. The highest BCUT2D eigenvalue weighted by atomic mass is 32.2. The third kappa shape index (κ3) is 5.03. The maximum atomic E-state index is 13.5. The lowest BCUT2D eigenvalue weighted by Gasteiger charge is -2.32. The fraction of sp³-hybridized carbons (Fsp3) is 0.240. The monoisotopic (exact) mass is 434 g/mol. The number of rotatable bonds is 6. The van der Waals surface area contributed by atoms with Gasteiger partial charge < -0.3 is 4.90 Å². The first-order chi connectivity index (χ1) is 14.9. The molecule has 5 nitrogen and oxygen atoms in total. The summed E-state index contributed by atoms with van der Waals surface area (Å²) in [5.41, 5.74) is 4.24. The highest BCUT2D eigenvalue weighted by Crippen LogP contribution is 2.21. The van der Waals surface area contributed by atoms with E-state index in [0.29, 0.717) is 19.5 Å². The second-order valence-electron chi connectivity index (χ2n) is 7.96. The molecule has 3 aromatic carbocycles. The number of carbonyl (C=O) groups is 1. The summed E-state index contributed by atoms with van der Waals surface area (Å²) in [5.74, 6) is -0.200. The summed E-state index contributed by atoms with van der Waals surface area (Å²) < 4.78 is 28.8. The molecule has 1 aliphatic rings. The predicted molar refractivity (Wildman–Crippen MR) is 121 cm³/mol. The van der Waals surface area contributed by atoms with Gasteiger partial charge in [0.2, 0.25) is 15.9 Å². The smallest absolute Gasteiger partial charge is 0.241 e. The lowest BCUT2D eigenvalue weighted by molar-refractivity contribution is -0.133. The molecule has 0 fully saturated rings. The standard InChI is InChI=1S/C25H26N2O3S/c1-19-11-13-23(14-12-19)31(29,30)26-24(17-20-7-3-2-4-8-20)25(28)27-16-15-21-9-5-6-10-22(21)18-27/h2-14,24,26H,15-18H2,1H3/t24-/m1/s1. The van der Waals surface area contributed by atoms with Crippen LogP contribution in [0, 0.1) is 6.92 Å². The molecular weight excluding hydrogens is 408 g/mol. The largest absolute Gasteiger partial charge is 0.337 e. The number of hydrogen-bond acceptors (Lipinski definition) is 3. The zero-order valence-corrected chi connectivity index (χ0v) is 18.3. The molecule has 0 spiro atoms. The Balaban J connectivity index is 1.60. The number of fused-ring (bicyclic) bond motifs is 1. The average molecular weight is 435 g/mol.